The van der Waals surface area contributed by atoms with Crippen molar-refractivity contribution in [3.05, 3.63) is 57.6 Å². The predicted molar refractivity (Wildman–Crippen MR) is 102 cm³/mol. The van der Waals surface area contributed by atoms with Gasteiger partial charge in [-0.05, 0) is 30.3 Å². The number of β-amino-alcohol motifs (C(OH)–C–C–N with tert-alkyl or cyclic N) is 1. The lowest BCUT2D eigenvalue weighted by molar-refractivity contribution is 0.181. The number of ether oxygens (including phenoxy) is 1. The van der Waals surface area contributed by atoms with Crippen LogP contribution >= 0.6 is 27.7 Å². The lowest BCUT2D eigenvalue weighted by Gasteiger charge is -2.21. The molecule has 1 heterocycles. The number of aliphatic hydroxyl groups excluding tert-OH is 1. The number of methoxy groups -OCH3 is 1. The third-order valence-electron chi connectivity index (χ3n) is 3.88. The first-order chi connectivity index (χ1) is 12.5. The molecule has 2 aromatic carbocycles. The molecule has 0 radical (unpaired) electrons. The molecule has 0 bridgehead atoms. The summed E-state index contributed by atoms with van der Waals surface area (Å²) in [5, 5.41) is 12.5. The molecule has 0 saturated carbocycles. The molecule has 2 N–H and O–H groups in total. The Balaban J connectivity index is 1.92. The van der Waals surface area contributed by atoms with E-state index in [9.17, 15) is 13.9 Å². The Morgan fingerprint density at radius 1 is 1.35 bits per heavy atom. The fourth-order valence-corrected chi connectivity index (χ4v) is 4.06. The van der Waals surface area contributed by atoms with Gasteiger partial charge in [0.15, 0.2) is 11.6 Å². The summed E-state index contributed by atoms with van der Waals surface area (Å²) < 4.78 is 34.5. The van der Waals surface area contributed by atoms with Crippen LogP contribution in [0.25, 0.3) is 0 Å². The second-order valence-corrected chi connectivity index (χ2v) is 7.61. The van der Waals surface area contributed by atoms with Crippen LogP contribution in [0.15, 0.2) is 44.7 Å². The van der Waals surface area contributed by atoms with Gasteiger partial charge in [-0.25, -0.2) is 8.78 Å². The van der Waals surface area contributed by atoms with Gasteiger partial charge < -0.3 is 15.2 Å². The fraction of sp³-hybridized carbons (Fsp3) is 0.278. The van der Waals surface area contributed by atoms with Gasteiger partial charge in [0, 0.05) is 27.9 Å². The monoisotopic (exact) mass is 442 g/mol. The first kappa shape index (κ1) is 19.1. The molecule has 0 amide bonds. The topological polar surface area (TPSA) is 53.9 Å². The molecule has 1 unspecified atom stereocenters. The average molecular weight is 443 g/mol. The highest BCUT2D eigenvalue weighted by molar-refractivity contribution is 9.10. The number of hydrogen-bond acceptors (Lipinski definition) is 5. The molecule has 1 aliphatic heterocycles. The summed E-state index contributed by atoms with van der Waals surface area (Å²) >= 11 is 4.58. The summed E-state index contributed by atoms with van der Waals surface area (Å²) in [5.41, 5.74) is 1.34. The normalized spacial score (nSPS) is 16.8. The van der Waals surface area contributed by atoms with Gasteiger partial charge in [-0.15, -0.1) is 11.8 Å². The summed E-state index contributed by atoms with van der Waals surface area (Å²) in [6.07, 6.45) is -0.578. The molecule has 0 saturated heterocycles. The molecule has 2 aromatic rings. The summed E-state index contributed by atoms with van der Waals surface area (Å²) in [6.45, 7) is 0.548. The lowest BCUT2D eigenvalue weighted by Crippen LogP contribution is -2.39. The van der Waals surface area contributed by atoms with Gasteiger partial charge in [-0.1, -0.05) is 15.9 Å². The van der Waals surface area contributed by atoms with Crippen LogP contribution in [0, 0.1) is 11.6 Å². The Kier molecular flexibility index (Phi) is 6.16. The van der Waals surface area contributed by atoms with E-state index in [-0.39, 0.29) is 11.4 Å². The Labute approximate surface area is 162 Å². The second kappa shape index (κ2) is 8.37. The van der Waals surface area contributed by atoms with E-state index in [4.69, 9.17) is 4.74 Å². The number of aliphatic imine (C=N–C) groups is 1. The molecular weight excluding hydrogens is 426 g/mol. The second-order valence-electron chi connectivity index (χ2n) is 5.71. The van der Waals surface area contributed by atoms with E-state index < -0.39 is 17.7 Å². The van der Waals surface area contributed by atoms with Crippen molar-refractivity contribution in [3.8, 4) is 5.75 Å². The molecule has 138 valence electrons. The van der Waals surface area contributed by atoms with Crippen LogP contribution in [0.4, 0.5) is 8.78 Å². The predicted octanol–water partition coefficient (Wildman–Crippen LogP) is 3.74. The SMILES string of the molecule is COc1ccc(Br)cc1CSc1c(C2=NCC(O)CN2)ccc(F)c1F. The summed E-state index contributed by atoms with van der Waals surface area (Å²) in [5.74, 6) is -0.287. The molecule has 26 heavy (non-hydrogen) atoms. The van der Waals surface area contributed by atoms with E-state index in [0.717, 1.165) is 16.1 Å². The van der Waals surface area contributed by atoms with Gasteiger partial charge in [-0.3, -0.25) is 4.99 Å². The standard InChI is InChI=1S/C18H17BrF2N2O2S/c1-25-15-5-2-11(19)6-10(15)9-26-17-13(3-4-14(20)16(17)21)18-22-7-12(24)8-23-18/h2-6,12,24H,7-9H2,1H3,(H,22,23). The quantitative estimate of drug-likeness (QED) is 0.692. The summed E-state index contributed by atoms with van der Waals surface area (Å²) in [7, 11) is 1.57. The van der Waals surface area contributed by atoms with E-state index in [1.807, 2.05) is 18.2 Å². The van der Waals surface area contributed by atoms with Gasteiger partial charge in [0.25, 0.3) is 0 Å². The van der Waals surface area contributed by atoms with Crippen LogP contribution in [0.3, 0.4) is 0 Å². The number of rotatable bonds is 5. The zero-order chi connectivity index (χ0) is 18.7. The number of halogens is 3. The third-order valence-corrected chi connectivity index (χ3v) is 5.52. The van der Waals surface area contributed by atoms with E-state index in [0.29, 0.717) is 29.4 Å². The van der Waals surface area contributed by atoms with E-state index in [2.05, 4.69) is 26.2 Å². The highest BCUT2D eigenvalue weighted by Crippen LogP contribution is 2.34. The number of amidine groups is 1. The van der Waals surface area contributed by atoms with Crippen molar-refractivity contribution >= 4 is 33.5 Å². The molecule has 8 heteroatoms. The maximum Gasteiger partial charge on any atom is 0.173 e. The number of benzene rings is 2. The number of hydrogen-bond donors (Lipinski definition) is 2. The molecule has 3 rings (SSSR count). The lowest BCUT2D eigenvalue weighted by atomic mass is 10.1. The summed E-state index contributed by atoms with van der Waals surface area (Å²) in [6, 6.07) is 8.14. The van der Waals surface area contributed by atoms with E-state index in [1.54, 1.807) is 7.11 Å². The van der Waals surface area contributed by atoms with Crippen molar-refractivity contribution < 1.29 is 18.6 Å². The molecule has 0 spiro atoms. The molecule has 0 aliphatic carbocycles. The van der Waals surface area contributed by atoms with Crippen molar-refractivity contribution in [1.29, 1.82) is 0 Å². The third kappa shape index (κ3) is 4.19. The highest BCUT2D eigenvalue weighted by Gasteiger charge is 2.21. The first-order valence-corrected chi connectivity index (χ1v) is 9.67. The van der Waals surface area contributed by atoms with Crippen LogP contribution in [0.1, 0.15) is 11.1 Å². The van der Waals surface area contributed by atoms with Crippen molar-refractivity contribution in [3.63, 3.8) is 0 Å². The Morgan fingerprint density at radius 3 is 2.85 bits per heavy atom. The van der Waals surface area contributed by atoms with Gasteiger partial charge in [0.1, 0.15) is 11.6 Å². The minimum atomic E-state index is -0.908. The van der Waals surface area contributed by atoms with Crippen molar-refractivity contribution in [1.82, 2.24) is 5.32 Å². The van der Waals surface area contributed by atoms with Crippen LogP contribution in [0.2, 0.25) is 0 Å². The molecular formula is C18H17BrF2N2O2S. The van der Waals surface area contributed by atoms with Gasteiger partial charge in [0.05, 0.1) is 24.7 Å². The molecule has 0 aromatic heterocycles. The van der Waals surface area contributed by atoms with Crippen molar-refractivity contribution in [2.75, 3.05) is 20.2 Å². The van der Waals surface area contributed by atoms with Crippen LogP contribution < -0.4 is 10.1 Å². The first-order valence-electron chi connectivity index (χ1n) is 7.89. The Hall–Kier alpha value is -1.64. The zero-order valence-corrected chi connectivity index (χ0v) is 16.3. The fourth-order valence-electron chi connectivity index (χ4n) is 2.58. The van der Waals surface area contributed by atoms with E-state index in [1.165, 1.54) is 17.8 Å². The average Bonchev–Trinajstić information content (AvgIpc) is 2.64. The number of nitrogens with one attached hydrogen (secondary N) is 1. The summed E-state index contributed by atoms with van der Waals surface area (Å²) in [4.78, 5) is 4.41. The molecule has 4 nitrogen and oxygen atoms in total. The number of nitrogens with zero attached hydrogens (tertiary/aromatic N) is 1. The Bertz CT molecular complexity index is 848. The molecule has 1 aliphatic rings. The van der Waals surface area contributed by atoms with Crippen molar-refractivity contribution in [2.24, 2.45) is 4.99 Å². The number of aliphatic hydroxyl groups is 1. The van der Waals surface area contributed by atoms with Crippen LogP contribution in [-0.2, 0) is 5.75 Å². The van der Waals surface area contributed by atoms with Crippen LogP contribution in [-0.4, -0.2) is 37.2 Å². The minimum Gasteiger partial charge on any atom is -0.496 e. The zero-order valence-electron chi connectivity index (χ0n) is 13.9. The van der Waals surface area contributed by atoms with Gasteiger partial charge >= 0.3 is 0 Å². The maximum absolute atomic E-state index is 14.5. The van der Waals surface area contributed by atoms with Gasteiger partial charge in [-0.2, -0.15) is 0 Å². The largest absolute Gasteiger partial charge is 0.496 e. The highest BCUT2D eigenvalue weighted by atomic mass is 79.9. The molecule has 0 fully saturated rings. The maximum atomic E-state index is 14.5. The van der Waals surface area contributed by atoms with Crippen molar-refractivity contribution in [2.45, 2.75) is 16.8 Å². The Morgan fingerprint density at radius 2 is 2.15 bits per heavy atom. The van der Waals surface area contributed by atoms with Gasteiger partial charge in [0.2, 0.25) is 0 Å². The smallest absolute Gasteiger partial charge is 0.173 e. The minimum absolute atomic E-state index is 0.176. The van der Waals surface area contributed by atoms with E-state index >= 15 is 0 Å². The van der Waals surface area contributed by atoms with Crippen LogP contribution in [0.5, 0.6) is 5.75 Å². The molecule has 1 atom stereocenters. The number of thioether (sulfide) groups is 1.